The summed E-state index contributed by atoms with van der Waals surface area (Å²) in [6.45, 7) is 7.64. The van der Waals surface area contributed by atoms with Crippen molar-refractivity contribution in [1.82, 2.24) is 15.1 Å². The van der Waals surface area contributed by atoms with Crippen LogP contribution in [0.25, 0.3) is 10.9 Å². The third kappa shape index (κ3) is 4.23. The topological polar surface area (TPSA) is 95.6 Å². The first-order valence-electron chi connectivity index (χ1n) is 10.2. The van der Waals surface area contributed by atoms with Crippen LogP contribution < -0.4 is 4.90 Å². The zero-order chi connectivity index (χ0) is 22.2. The summed E-state index contributed by atoms with van der Waals surface area (Å²) in [5.41, 5.74) is 0.892. The minimum absolute atomic E-state index is 0.0128. The second-order valence-corrected chi connectivity index (χ2v) is 10.4. The van der Waals surface area contributed by atoms with Gasteiger partial charge in [0.25, 0.3) is 0 Å². The molecule has 1 fully saturated rings. The van der Waals surface area contributed by atoms with E-state index < -0.39 is 15.4 Å². The van der Waals surface area contributed by atoms with Gasteiger partial charge in [0, 0.05) is 31.9 Å². The number of benzene rings is 2. The molecule has 3 aromatic rings. The first-order valence-corrected chi connectivity index (χ1v) is 11.7. The van der Waals surface area contributed by atoms with Gasteiger partial charge in [0.15, 0.2) is 5.03 Å². The number of sulfone groups is 1. The monoisotopic (exact) mass is 442 g/mol. The maximum absolute atomic E-state index is 13.2. The normalized spacial score (nSPS) is 15.3. The zero-order valence-electron chi connectivity index (χ0n) is 17.8. The first kappa shape index (κ1) is 21.2. The Hall–Kier alpha value is -3.07. The number of carbonyl (C=O) groups excluding carboxylic acids is 1. The number of anilines is 1. The van der Waals surface area contributed by atoms with Crippen molar-refractivity contribution in [3.63, 3.8) is 0 Å². The molecule has 0 radical (unpaired) electrons. The molecule has 0 saturated carbocycles. The summed E-state index contributed by atoms with van der Waals surface area (Å²) >= 11 is 0. The molecule has 9 heteroatoms. The second-order valence-electron chi connectivity index (χ2n) is 8.50. The van der Waals surface area contributed by atoms with Crippen molar-refractivity contribution in [3.05, 3.63) is 48.5 Å². The molecule has 164 valence electrons. The van der Waals surface area contributed by atoms with Gasteiger partial charge in [0.1, 0.15) is 5.60 Å². The smallest absolute Gasteiger partial charge is 0.410 e. The van der Waals surface area contributed by atoms with E-state index in [1.165, 1.54) is 0 Å². The number of aromatic nitrogens is 2. The quantitative estimate of drug-likeness (QED) is 0.668. The molecule has 0 aliphatic carbocycles. The Morgan fingerprint density at radius 3 is 2.32 bits per heavy atom. The summed E-state index contributed by atoms with van der Waals surface area (Å²) in [5.74, 6) is 0. The number of amides is 1. The zero-order valence-corrected chi connectivity index (χ0v) is 18.6. The van der Waals surface area contributed by atoms with E-state index >= 15 is 0 Å². The van der Waals surface area contributed by atoms with Gasteiger partial charge in [0.2, 0.25) is 9.84 Å². The first-order chi connectivity index (χ1) is 14.7. The average molecular weight is 443 g/mol. The van der Waals surface area contributed by atoms with E-state index in [1.807, 2.05) is 39.0 Å². The maximum atomic E-state index is 13.2. The predicted octanol–water partition coefficient (Wildman–Crippen LogP) is 3.45. The fraction of sp³-hybridized carbons (Fsp3) is 0.364. The van der Waals surface area contributed by atoms with Crippen molar-refractivity contribution in [1.29, 1.82) is 0 Å². The summed E-state index contributed by atoms with van der Waals surface area (Å²) in [7, 11) is -3.78. The molecule has 4 rings (SSSR count). The van der Waals surface area contributed by atoms with Gasteiger partial charge in [-0.1, -0.05) is 24.3 Å². The fourth-order valence-electron chi connectivity index (χ4n) is 3.65. The largest absolute Gasteiger partial charge is 0.444 e. The number of rotatable bonds is 3. The summed E-state index contributed by atoms with van der Waals surface area (Å²) in [4.78, 5) is 16.3. The van der Waals surface area contributed by atoms with Crippen LogP contribution in [-0.2, 0) is 14.6 Å². The van der Waals surface area contributed by atoms with Crippen molar-refractivity contribution in [2.24, 2.45) is 0 Å². The van der Waals surface area contributed by atoms with Gasteiger partial charge in [-0.2, -0.15) is 5.10 Å². The third-order valence-corrected chi connectivity index (χ3v) is 6.81. The third-order valence-electron chi connectivity index (χ3n) is 5.11. The van der Waals surface area contributed by atoms with Gasteiger partial charge in [-0.05, 0) is 45.0 Å². The molecule has 0 atom stereocenters. The Balaban J connectivity index is 1.63. The Morgan fingerprint density at radius 1 is 1.00 bits per heavy atom. The summed E-state index contributed by atoms with van der Waals surface area (Å²) < 4.78 is 32.0. The van der Waals surface area contributed by atoms with Crippen molar-refractivity contribution < 1.29 is 17.9 Å². The standard InChI is InChI=1S/C22H26N4O4S/c1-22(2,3)30-21(27)26-14-12-25(13-15-26)18-11-7-10-17-19(18)20(24-23-17)31(28,29)16-8-5-4-6-9-16/h4-11H,12-15H2,1-3H3,(H,23,24). The maximum Gasteiger partial charge on any atom is 0.410 e. The molecular weight excluding hydrogens is 416 g/mol. The highest BCUT2D eigenvalue weighted by Gasteiger charge is 2.30. The molecule has 1 saturated heterocycles. The number of H-pyrrole nitrogens is 1. The lowest BCUT2D eigenvalue weighted by Gasteiger charge is -2.37. The highest BCUT2D eigenvalue weighted by molar-refractivity contribution is 7.91. The lowest BCUT2D eigenvalue weighted by Crippen LogP contribution is -2.50. The summed E-state index contributed by atoms with van der Waals surface area (Å²) in [5, 5.41) is 7.59. The number of nitrogens with one attached hydrogen (secondary N) is 1. The molecule has 1 aromatic heterocycles. The van der Waals surface area contributed by atoms with Crippen molar-refractivity contribution in [2.45, 2.75) is 36.3 Å². The molecule has 2 aromatic carbocycles. The Bertz CT molecular complexity index is 1190. The van der Waals surface area contributed by atoms with Crippen LogP contribution in [0.1, 0.15) is 20.8 Å². The van der Waals surface area contributed by atoms with Crippen LogP contribution >= 0.6 is 0 Å². The Labute approximate surface area is 181 Å². The van der Waals surface area contributed by atoms with E-state index in [9.17, 15) is 13.2 Å². The van der Waals surface area contributed by atoms with Gasteiger partial charge in [-0.15, -0.1) is 0 Å². The minimum atomic E-state index is -3.78. The fourth-order valence-corrected chi connectivity index (χ4v) is 5.04. The molecule has 8 nitrogen and oxygen atoms in total. The SMILES string of the molecule is CC(C)(C)OC(=O)N1CCN(c2cccc3[nH]nc(S(=O)(=O)c4ccccc4)c23)CC1. The van der Waals surface area contributed by atoms with Gasteiger partial charge in [-0.3, -0.25) is 5.10 Å². The second kappa shape index (κ2) is 7.88. The van der Waals surface area contributed by atoms with E-state index in [1.54, 1.807) is 35.2 Å². The number of hydrogen-bond donors (Lipinski definition) is 1. The lowest BCUT2D eigenvalue weighted by molar-refractivity contribution is 0.0240. The molecule has 2 heterocycles. The molecule has 1 aliphatic heterocycles. The van der Waals surface area contributed by atoms with Crippen LogP contribution in [0, 0.1) is 0 Å². The molecule has 1 aliphatic rings. The van der Waals surface area contributed by atoms with E-state index in [2.05, 4.69) is 15.1 Å². The Kier molecular flexibility index (Phi) is 5.38. The highest BCUT2D eigenvalue weighted by Crippen LogP contribution is 2.34. The molecular formula is C22H26N4O4S. The van der Waals surface area contributed by atoms with Crippen molar-refractivity contribution in [2.75, 3.05) is 31.1 Å². The van der Waals surface area contributed by atoms with Crippen molar-refractivity contribution in [3.8, 4) is 0 Å². The number of fused-ring (bicyclic) bond motifs is 1. The molecule has 0 spiro atoms. The van der Waals surface area contributed by atoms with Gasteiger partial charge in [0.05, 0.1) is 15.8 Å². The van der Waals surface area contributed by atoms with Crippen LogP contribution in [0.5, 0.6) is 0 Å². The van der Waals surface area contributed by atoms with Gasteiger partial charge in [-0.25, -0.2) is 13.2 Å². The number of carbonyl (C=O) groups is 1. The van der Waals surface area contributed by atoms with E-state index in [0.29, 0.717) is 37.1 Å². The molecule has 31 heavy (non-hydrogen) atoms. The van der Waals surface area contributed by atoms with Crippen LogP contribution in [-0.4, -0.2) is 61.4 Å². The minimum Gasteiger partial charge on any atom is -0.444 e. The molecule has 0 bridgehead atoms. The number of ether oxygens (including phenoxy) is 1. The van der Waals surface area contributed by atoms with Crippen molar-refractivity contribution >= 4 is 32.5 Å². The number of aromatic amines is 1. The molecule has 0 unspecified atom stereocenters. The average Bonchev–Trinajstić information content (AvgIpc) is 3.18. The van der Waals surface area contributed by atoms with Crippen LogP contribution in [0.15, 0.2) is 58.5 Å². The van der Waals surface area contributed by atoms with Gasteiger partial charge < -0.3 is 14.5 Å². The summed E-state index contributed by atoms with van der Waals surface area (Å²) in [6.07, 6.45) is -0.332. The Morgan fingerprint density at radius 2 is 1.68 bits per heavy atom. The number of hydrogen-bond acceptors (Lipinski definition) is 6. The lowest BCUT2D eigenvalue weighted by atomic mass is 10.2. The van der Waals surface area contributed by atoms with Crippen LogP contribution in [0.3, 0.4) is 0 Å². The predicted molar refractivity (Wildman–Crippen MR) is 118 cm³/mol. The molecule has 1 N–H and O–H groups in total. The summed E-state index contributed by atoms with van der Waals surface area (Å²) in [6, 6.07) is 13.9. The van der Waals surface area contributed by atoms with E-state index in [0.717, 1.165) is 5.69 Å². The molecule has 1 amide bonds. The van der Waals surface area contributed by atoms with Gasteiger partial charge >= 0.3 is 6.09 Å². The number of nitrogens with zero attached hydrogens (tertiary/aromatic N) is 3. The van der Waals surface area contributed by atoms with Crippen LogP contribution in [0.2, 0.25) is 0 Å². The van der Waals surface area contributed by atoms with Crippen LogP contribution in [0.4, 0.5) is 10.5 Å². The van der Waals surface area contributed by atoms with E-state index in [-0.39, 0.29) is 16.0 Å². The van der Waals surface area contributed by atoms with E-state index in [4.69, 9.17) is 4.74 Å². The number of piperazine rings is 1. The highest BCUT2D eigenvalue weighted by atomic mass is 32.2.